The molecule has 7 heteroatoms. The van der Waals surface area contributed by atoms with Crippen LogP contribution in [0.4, 0.5) is 10.2 Å². The lowest BCUT2D eigenvalue weighted by molar-refractivity contribution is 0.568. The fourth-order valence-corrected chi connectivity index (χ4v) is 3.80. The molecule has 4 aromatic rings. The smallest absolute Gasteiger partial charge is 0.128 e. The third-order valence-corrected chi connectivity index (χ3v) is 5.22. The van der Waals surface area contributed by atoms with Gasteiger partial charge in [-0.3, -0.25) is 4.68 Å². The first-order chi connectivity index (χ1) is 14.3. The van der Waals surface area contributed by atoms with Crippen LogP contribution < -0.4 is 4.90 Å². The molecule has 0 saturated heterocycles. The van der Waals surface area contributed by atoms with E-state index in [1.165, 1.54) is 12.4 Å². The largest absolute Gasteiger partial charge is 0.352 e. The molecule has 0 N–H and O–H groups in total. The predicted octanol–water partition coefficient (Wildman–Crippen LogP) is 3.49. The molecule has 6 nitrogen and oxygen atoms in total. The Labute approximate surface area is 167 Å². The van der Waals surface area contributed by atoms with Crippen LogP contribution in [-0.4, -0.2) is 31.3 Å². The van der Waals surface area contributed by atoms with Crippen molar-refractivity contribution in [2.75, 3.05) is 11.4 Å². The van der Waals surface area contributed by atoms with E-state index in [9.17, 15) is 4.39 Å². The summed E-state index contributed by atoms with van der Waals surface area (Å²) in [6, 6.07) is 12.8. The molecule has 0 atom stereocenters. The lowest BCUT2D eigenvalue weighted by atomic mass is 10.0. The summed E-state index contributed by atoms with van der Waals surface area (Å²) in [7, 11) is 0. The number of hydrogen-bond acceptors (Lipinski definition) is 5. The quantitative estimate of drug-likeness (QED) is 0.537. The van der Waals surface area contributed by atoms with Gasteiger partial charge in [-0.1, -0.05) is 24.3 Å². The molecule has 0 bridgehead atoms. The van der Waals surface area contributed by atoms with Crippen molar-refractivity contribution in [1.82, 2.24) is 24.7 Å². The average Bonchev–Trinajstić information content (AvgIpc) is 3.14. The van der Waals surface area contributed by atoms with Crippen molar-refractivity contribution in [3.8, 4) is 11.3 Å². The molecule has 0 unspecified atom stereocenters. The minimum absolute atomic E-state index is 0.215. The van der Waals surface area contributed by atoms with Crippen molar-refractivity contribution in [2.24, 2.45) is 0 Å². The number of pyridine rings is 1. The van der Waals surface area contributed by atoms with Gasteiger partial charge in [0, 0.05) is 60.5 Å². The van der Waals surface area contributed by atoms with Crippen LogP contribution in [0.3, 0.4) is 0 Å². The Morgan fingerprint density at radius 1 is 1.00 bits per heavy atom. The summed E-state index contributed by atoms with van der Waals surface area (Å²) in [6.45, 7) is 1.91. The van der Waals surface area contributed by atoms with Crippen LogP contribution in [0.2, 0.25) is 0 Å². The zero-order chi connectivity index (χ0) is 19.6. The molecule has 1 aliphatic heterocycles. The lowest BCUT2D eigenvalue weighted by Gasteiger charge is -2.28. The maximum Gasteiger partial charge on any atom is 0.128 e. The molecule has 1 aliphatic rings. The summed E-state index contributed by atoms with van der Waals surface area (Å²) in [6.07, 6.45) is 7.65. The summed E-state index contributed by atoms with van der Waals surface area (Å²) >= 11 is 0. The van der Waals surface area contributed by atoms with Crippen LogP contribution in [-0.2, 0) is 19.5 Å². The molecule has 29 heavy (non-hydrogen) atoms. The number of anilines is 1. The first-order valence-corrected chi connectivity index (χ1v) is 9.53. The van der Waals surface area contributed by atoms with Crippen LogP contribution in [0.5, 0.6) is 0 Å². The van der Waals surface area contributed by atoms with E-state index in [4.69, 9.17) is 5.10 Å². The molecule has 0 saturated carbocycles. The molecule has 5 rings (SSSR count). The van der Waals surface area contributed by atoms with Gasteiger partial charge in [0.1, 0.15) is 23.7 Å². The minimum Gasteiger partial charge on any atom is -0.352 e. The molecule has 0 spiro atoms. The zero-order valence-corrected chi connectivity index (χ0v) is 15.7. The SMILES string of the molecule is Fc1ccccc1Cn1nc(-c2cncnc2)c2c1CCN(c1ccccn1)C2. The average molecular weight is 386 g/mol. The number of hydrogen-bond donors (Lipinski definition) is 0. The van der Waals surface area contributed by atoms with Crippen LogP contribution in [0.25, 0.3) is 11.3 Å². The van der Waals surface area contributed by atoms with E-state index >= 15 is 0 Å². The molecule has 4 heterocycles. The van der Waals surface area contributed by atoms with Crippen molar-refractivity contribution >= 4 is 5.82 Å². The lowest BCUT2D eigenvalue weighted by Crippen LogP contribution is -2.31. The van der Waals surface area contributed by atoms with Crippen LogP contribution >= 0.6 is 0 Å². The normalized spacial score (nSPS) is 13.3. The predicted molar refractivity (Wildman–Crippen MR) is 108 cm³/mol. The summed E-state index contributed by atoms with van der Waals surface area (Å²) < 4.78 is 16.2. The van der Waals surface area contributed by atoms with Gasteiger partial charge in [-0.25, -0.2) is 19.3 Å². The molecular weight excluding hydrogens is 367 g/mol. The summed E-state index contributed by atoms with van der Waals surface area (Å²) in [5.74, 6) is 0.725. The highest BCUT2D eigenvalue weighted by Crippen LogP contribution is 2.31. The molecule has 0 aliphatic carbocycles. The van der Waals surface area contributed by atoms with E-state index in [-0.39, 0.29) is 5.82 Å². The van der Waals surface area contributed by atoms with Gasteiger partial charge < -0.3 is 4.90 Å². The topological polar surface area (TPSA) is 59.7 Å². The second kappa shape index (κ2) is 7.43. The number of rotatable bonds is 4. The van der Waals surface area contributed by atoms with E-state index in [1.807, 2.05) is 28.9 Å². The van der Waals surface area contributed by atoms with Gasteiger partial charge in [-0.15, -0.1) is 0 Å². The second-order valence-corrected chi connectivity index (χ2v) is 7.01. The van der Waals surface area contributed by atoms with Gasteiger partial charge >= 0.3 is 0 Å². The van der Waals surface area contributed by atoms with Gasteiger partial charge in [-0.2, -0.15) is 5.10 Å². The number of aromatic nitrogens is 5. The molecular formula is C22H19FN6. The fraction of sp³-hybridized carbons (Fsp3) is 0.182. The highest BCUT2D eigenvalue weighted by Gasteiger charge is 2.26. The third kappa shape index (κ3) is 3.35. The van der Waals surface area contributed by atoms with Crippen LogP contribution in [0, 0.1) is 5.82 Å². The zero-order valence-electron chi connectivity index (χ0n) is 15.7. The van der Waals surface area contributed by atoms with Gasteiger partial charge in [0.25, 0.3) is 0 Å². The monoisotopic (exact) mass is 386 g/mol. The minimum atomic E-state index is -0.215. The van der Waals surface area contributed by atoms with Crippen LogP contribution in [0.15, 0.2) is 67.4 Å². The van der Waals surface area contributed by atoms with Gasteiger partial charge in [0.15, 0.2) is 0 Å². The van der Waals surface area contributed by atoms with Crippen molar-refractivity contribution < 1.29 is 4.39 Å². The van der Waals surface area contributed by atoms with E-state index in [1.54, 1.807) is 30.7 Å². The number of halogens is 1. The standard InChI is InChI=1S/C22H19FN6/c23-19-6-2-1-5-16(19)13-29-20-8-10-28(21-7-3-4-9-26-21)14-18(20)22(27-29)17-11-24-15-25-12-17/h1-7,9,11-12,15H,8,10,13-14H2. The van der Waals surface area contributed by atoms with Gasteiger partial charge in [0.05, 0.1) is 6.54 Å². The molecule has 0 fully saturated rings. The number of nitrogens with zero attached hydrogens (tertiary/aromatic N) is 6. The highest BCUT2D eigenvalue weighted by atomic mass is 19.1. The second-order valence-electron chi connectivity index (χ2n) is 7.01. The van der Waals surface area contributed by atoms with E-state index in [2.05, 4.69) is 19.9 Å². The maximum atomic E-state index is 14.2. The molecule has 0 radical (unpaired) electrons. The van der Waals surface area contributed by atoms with Crippen molar-refractivity contribution in [1.29, 1.82) is 0 Å². The van der Waals surface area contributed by atoms with E-state index in [0.29, 0.717) is 18.7 Å². The summed E-state index contributed by atoms with van der Waals surface area (Å²) in [5.41, 5.74) is 4.57. The molecule has 1 aromatic carbocycles. The number of fused-ring (bicyclic) bond motifs is 1. The summed E-state index contributed by atoms with van der Waals surface area (Å²) in [4.78, 5) is 15.0. The Kier molecular flexibility index (Phi) is 4.48. The first kappa shape index (κ1) is 17.5. The fourth-order valence-electron chi connectivity index (χ4n) is 3.80. The van der Waals surface area contributed by atoms with Gasteiger partial charge in [-0.05, 0) is 18.2 Å². The molecule has 3 aromatic heterocycles. The summed E-state index contributed by atoms with van der Waals surface area (Å²) in [5, 5.41) is 4.85. The molecule has 144 valence electrons. The van der Waals surface area contributed by atoms with E-state index in [0.717, 1.165) is 41.3 Å². The van der Waals surface area contributed by atoms with Crippen molar-refractivity contribution in [2.45, 2.75) is 19.5 Å². The Hall–Kier alpha value is -3.61. The van der Waals surface area contributed by atoms with Gasteiger partial charge in [0.2, 0.25) is 0 Å². The van der Waals surface area contributed by atoms with Crippen molar-refractivity contribution in [3.05, 3.63) is 90.0 Å². The maximum absolute atomic E-state index is 14.2. The van der Waals surface area contributed by atoms with Crippen molar-refractivity contribution in [3.63, 3.8) is 0 Å². The van der Waals surface area contributed by atoms with Crippen LogP contribution in [0.1, 0.15) is 16.8 Å². The Bertz CT molecular complexity index is 1130. The third-order valence-electron chi connectivity index (χ3n) is 5.22. The van der Waals surface area contributed by atoms with E-state index < -0.39 is 0 Å². The molecule has 0 amide bonds. The Balaban J connectivity index is 1.57. The number of benzene rings is 1. The first-order valence-electron chi connectivity index (χ1n) is 9.53. The highest BCUT2D eigenvalue weighted by molar-refractivity contribution is 5.64. The Morgan fingerprint density at radius 2 is 1.83 bits per heavy atom. The Morgan fingerprint density at radius 3 is 2.62 bits per heavy atom.